The predicted molar refractivity (Wildman–Crippen MR) is 66.8 cm³/mol. The van der Waals surface area contributed by atoms with E-state index in [1.54, 1.807) is 12.1 Å². The van der Waals surface area contributed by atoms with Gasteiger partial charge in [0.25, 0.3) is 5.78 Å². The fourth-order valence-electron chi connectivity index (χ4n) is 1.66. The minimum atomic E-state index is -4.84. The normalized spacial score (nSPS) is 11.3. The number of benzene rings is 1. The van der Waals surface area contributed by atoms with Crippen LogP contribution in [0.1, 0.15) is 10.4 Å². The van der Waals surface area contributed by atoms with Gasteiger partial charge in [0.15, 0.2) is 0 Å². The molecule has 0 saturated carbocycles. The minimum Gasteiger partial charge on any atom is -0.492 e. The maximum atomic E-state index is 12.2. The summed E-state index contributed by atoms with van der Waals surface area (Å²) in [5.41, 5.74) is -0.364. The summed E-state index contributed by atoms with van der Waals surface area (Å²) < 4.78 is 43.6. The zero-order chi connectivity index (χ0) is 14.6. The molecule has 1 aromatic heterocycles. The van der Waals surface area contributed by atoms with Gasteiger partial charge in [0.2, 0.25) is 0 Å². The molecule has 0 fully saturated rings. The molecule has 0 radical (unpaired) electrons. The van der Waals surface area contributed by atoms with Crippen molar-refractivity contribution < 1.29 is 22.7 Å². The van der Waals surface area contributed by atoms with Gasteiger partial charge >= 0.3 is 6.18 Å². The van der Waals surface area contributed by atoms with Crippen molar-refractivity contribution in [3.05, 3.63) is 54.4 Å². The number of carbonyl (C=O) groups excluding carboxylic acids is 1. The van der Waals surface area contributed by atoms with E-state index in [1.165, 1.54) is 17.0 Å². The van der Waals surface area contributed by atoms with Gasteiger partial charge in [-0.3, -0.25) is 4.79 Å². The second-order valence-corrected chi connectivity index (χ2v) is 4.13. The standard InChI is InChI=1S/C14H12F3NO2/c15-14(16,17)13(19)11-6-7-18(10-11)8-9-20-12-4-2-1-3-5-12/h1-7,10H,8-9H2. The average molecular weight is 283 g/mol. The zero-order valence-electron chi connectivity index (χ0n) is 10.4. The van der Waals surface area contributed by atoms with Gasteiger partial charge in [0.1, 0.15) is 12.4 Å². The van der Waals surface area contributed by atoms with Gasteiger partial charge in [-0.15, -0.1) is 0 Å². The Morgan fingerprint density at radius 1 is 1.15 bits per heavy atom. The summed E-state index contributed by atoms with van der Waals surface area (Å²) in [5.74, 6) is -1.15. The van der Waals surface area contributed by atoms with Crippen LogP contribution in [0.25, 0.3) is 0 Å². The Morgan fingerprint density at radius 2 is 1.85 bits per heavy atom. The SMILES string of the molecule is O=C(c1ccn(CCOc2ccccc2)c1)C(F)(F)F. The first kappa shape index (κ1) is 14.2. The number of para-hydroxylation sites is 1. The molecule has 106 valence electrons. The maximum absolute atomic E-state index is 12.2. The maximum Gasteiger partial charge on any atom is 0.454 e. The highest BCUT2D eigenvalue weighted by Gasteiger charge is 2.39. The molecule has 1 heterocycles. The second kappa shape index (κ2) is 5.81. The van der Waals surface area contributed by atoms with Gasteiger partial charge in [-0.05, 0) is 18.2 Å². The topological polar surface area (TPSA) is 31.2 Å². The van der Waals surface area contributed by atoms with E-state index < -0.39 is 12.0 Å². The number of ketones is 1. The van der Waals surface area contributed by atoms with Gasteiger partial charge in [0, 0.05) is 18.0 Å². The molecule has 0 aliphatic heterocycles. The largest absolute Gasteiger partial charge is 0.492 e. The van der Waals surface area contributed by atoms with E-state index in [4.69, 9.17) is 4.74 Å². The summed E-state index contributed by atoms with van der Waals surface area (Å²) >= 11 is 0. The van der Waals surface area contributed by atoms with Gasteiger partial charge in [0.05, 0.1) is 6.54 Å². The molecule has 3 nitrogen and oxygen atoms in total. The first-order valence-corrected chi connectivity index (χ1v) is 5.92. The van der Waals surface area contributed by atoms with Crippen LogP contribution in [0.3, 0.4) is 0 Å². The molecule has 0 aliphatic carbocycles. The number of carbonyl (C=O) groups is 1. The van der Waals surface area contributed by atoms with Crippen LogP contribution < -0.4 is 4.74 Å². The number of ether oxygens (including phenoxy) is 1. The Labute approximate surface area is 113 Å². The smallest absolute Gasteiger partial charge is 0.454 e. The number of rotatable bonds is 5. The van der Waals surface area contributed by atoms with Crippen molar-refractivity contribution in [1.29, 1.82) is 0 Å². The van der Waals surface area contributed by atoms with Gasteiger partial charge in [-0.25, -0.2) is 0 Å². The highest BCUT2D eigenvalue weighted by atomic mass is 19.4. The molecule has 6 heteroatoms. The molecule has 0 N–H and O–H groups in total. The van der Waals surface area contributed by atoms with Crippen molar-refractivity contribution in [1.82, 2.24) is 4.57 Å². The van der Waals surface area contributed by atoms with Crippen LogP contribution in [-0.2, 0) is 6.54 Å². The van der Waals surface area contributed by atoms with Crippen LogP contribution in [0.2, 0.25) is 0 Å². The van der Waals surface area contributed by atoms with Crippen LogP contribution in [0.4, 0.5) is 13.2 Å². The molecule has 1 aromatic carbocycles. The van der Waals surface area contributed by atoms with E-state index in [0.717, 1.165) is 6.07 Å². The third-order valence-corrected chi connectivity index (χ3v) is 2.63. The van der Waals surface area contributed by atoms with Crippen molar-refractivity contribution >= 4 is 5.78 Å². The molecular formula is C14H12F3NO2. The molecular weight excluding hydrogens is 271 g/mol. The van der Waals surface area contributed by atoms with E-state index in [0.29, 0.717) is 18.9 Å². The molecule has 0 spiro atoms. The molecule has 0 bridgehead atoms. The van der Waals surface area contributed by atoms with Gasteiger partial charge < -0.3 is 9.30 Å². The summed E-state index contributed by atoms with van der Waals surface area (Å²) in [6, 6.07) is 10.2. The molecule has 0 atom stereocenters. The van der Waals surface area contributed by atoms with Crippen LogP contribution in [0, 0.1) is 0 Å². The van der Waals surface area contributed by atoms with Gasteiger partial charge in [-0.2, -0.15) is 13.2 Å². The van der Waals surface area contributed by atoms with Crippen LogP contribution in [0.5, 0.6) is 5.75 Å². The zero-order valence-corrected chi connectivity index (χ0v) is 10.4. The number of hydrogen-bond acceptors (Lipinski definition) is 2. The molecule has 2 rings (SSSR count). The second-order valence-electron chi connectivity index (χ2n) is 4.13. The number of hydrogen-bond donors (Lipinski definition) is 0. The summed E-state index contributed by atoms with van der Waals surface area (Å²) in [6.45, 7) is 0.665. The van der Waals surface area contributed by atoms with Crippen molar-refractivity contribution in [3.63, 3.8) is 0 Å². The van der Waals surface area contributed by atoms with Gasteiger partial charge in [-0.1, -0.05) is 18.2 Å². The number of Topliss-reactive ketones (excluding diaryl/α,β-unsaturated/α-hetero) is 1. The minimum absolute atomic E-state index is 0.304. The number of halogens is 3. The predicted octanol–water partition coefficient (Wildman–Crippen LogP) is 3.31. The molecule has 0 amide bonds. The summed E-state index contributed by atoms with van der Waals surface area (Å²) in [6.07, 6.45) is -2.25. The third kappa shape index (κ3) is 3.63. The lowest BCUT2D eigenvalue weighted by Crippen LogP contribution is -2.22. The Kier molecular flexibility index (Phi) is 4.12. The molecule has 0 saturated heterocycles. The molecule has 20 heavy (non-hydrogen) atoms. The van der Waals surface area contributed by atoms with E-state index in [1.807, 2.05) is 18.2 Å². The number of alkyl halides is 3. The Bertz CT molecular complexity index is 576. The van der Waals surface area contributed by atoms with E-state index in [2.05, 4.69) is 0 Å². The van der Waals surface area contributed by atoms with E-state index in [-0.39, 0.29) is 5.56 Å². The van der Waals surface area contributed by atoms with Crippen LogP contribution >= 0.6 is 0 Å². The van der Waals surface area contributed by atoms with Crippen LogP contribution in [-0.4, -0.2) is 23.1 Å². The third-order valence-electron chi connectivity index (χ3n) is 2.63. The van der Waals surface area contributed by atoms with Crippen molar-refractivity contribution in [2.45, 2.75) is 12.7 Å². The quantitative estimate of drug-likeness (QED) is 0.788. The highest BCUT2D eigenvalue weighted by Crippen LogP contribution is 2.21. The lowest BCUT2D eigenvalue weighted by atomic mass is 10.2. The summed E-state index contributed by atoms with van der Waals surface area (Å²) in [5, 5.41) is 0. The van der Waals surface area contributed by atoms with Crippen LogP contribution in [0.15, 0.2) is 48.8 Å². The molecule has 0 unspecified atom stereocenters. The summed E-state index contributed by atoms with van der Waals surface area (Å²) in [7, 11) is 0. The average Bonchev–Trinajstić information content (AvgIpc) is 2.87. The molecule has 2 aromatic rings. The lowest BCUT2D eigenvalue weighted by Gasteiger charge is -2.06. The lowest BCUT2D eigenvalue weighted by molar-refractivity contribution is -0.0885. The Balaban J connectivity index is 1.89. The van der Waals surface area contributed by atoms with E-state index >= 15 is 0 Å². The monoisotopic (exact) mass is 283 g/mol. The van der Waals surface area contributed by atoms with Crippen molar-refractivity contribution in [2.75, 3.05) is 6.61 Å². The summed E-state index contributed by atoms with van der Waals surface area (Å²) in [4.78, 5) is 11.0. The number of aromatic nitrogens is 1. The van der Waals surface area contributed by atoms with Crippen molar-refractivity contribution in [3.8, 4) is 5.75 Å². The first-order chi connectivity index (χ1) is 9.47. The highest BCUT2D eigenvalue weighted by molar-refractivity contribution is 6.00. The fourth-order valence-corrected chi connectivity index (χ4v) is 1.66. The fraction of sp³-hybridized carbons (Fsp3) is 0.214. The van der Waals surface area contributed by atoms with E-state index in [9.17, 15) is 18.0 Å². The molecule has 0 aliphatic rings. The van der Waals surface area contributed by atoms with Crippen molar-refractivity contribution in [2.24, 2.45) is 0 Å². The Hall–Kier alpha value is -2.24. The number of nitrogens with zero attached hydrogens (tertiary/aromatic N) is 1. The first-order valence-electron chi connectivity index (χ1n) is 5.92. The Morgan fingerprint density at radius 3 is 2.50 bits per heavy atom.